The van der Waals surface area contributed by atoms with Gasteiger partial charge < -0.3 is 14.2 Å². The molecule has 0 aliphatic carbocycles. The van der Waals surface area contributed by atoms with Crippen LogP contribution in [0.5, 0.6) is 0 Å². The molecule has 0 aromatic carbocycles. The molecule has 0 N–H and O–H groups in total. The fourth-order valence-electron chi connectivity index (χ4n) is 9.44. The minimum atomic E-state index is -0.776. The summed E-state index contributed by atoms with van der Waals surface area (Å²) in [6.45, 7) is 6.51. The van der Waals surface area contributed by atoms with Crippen molar-refractivity contribution in [2.45, 2.75) is 335 Å². The van der Waals surface area contributed by atoms with Crippen LogP contribution in [-0.4, -0.2) is 37.2 Å². The molecule has 6 nitrogen and oxygen atoms in total. The highest BCUT2D eigenvalue weighted by molar-refractivity contribution is 5.71. The van der Waals surface area contributed by atoms with Crippen LogP contribution in [0, 0.1) is 0 Å². The van der Waals surface area contributed by atoms with Crippen LogP contribution in [0.1, 0.15) is 329 Å². The maximum Gasteiger partial charge on any atom is 0.306 e. The normalized spacial score (nSPS) is 12.6. The molecular formula is C71H124O6. The molecule has 0 saturated carbocycles. The zero-order chi connectivity index (χ0) is 55.7. The van der Waals surface area contributed by atoms with Crippen LogP contribution in [0.15, 0.2) is 85.1 Å². The number of allylic oxidation sites excluding steroid dienone is 14. The molecule has 0 spiro atoms. The van der Waals surface area contributed by atoms with Gasteiger partial charge in [0.15, 0.2) is 6.10 Å². The number of rotatable bonds is 60. The van der Waals surface area contributed by atoms with Gasteiger partial charge in [0.2, 0.25) is 0 Å². The lowest BCUT2D eigenvalue weighted by Crippen LogP contribution is -2.30. The molecule has 0 bridgehead atoms. The zero-order valence-corrected chi connectivity index (χ0v) is 51.0. The molecule has 0 heterocycles. The molecule has 1 atom stereocenters. The Morgan fingerprint density at radius 2 is 0.506 bits per heavy atom. The van der Waals surface area contributed by atoms with E-state index in [-0.39, 0.29) is 31.1 Å². The van der Waals surface area contributed by atoms with Gasteiger partial charge in [-0.3, -0.25) is 14.4 Å². The summed E-state index contributed by atoms with van der Waals surface area (Å²) in [4.78, 5) is 38.2. The van der Waals surface area contributed by atoms with Crippen molar-refractivity contribution in [3.63, 3.8) is 0 Å². The van der Waals surface area contributed by atoms with E-state index in [0.29, 0.717) is 19.3 Å². The van der Waals surface area contributed by atoms with E-state index < -0.39 is 6.10 Å². The number of carbonyl (C=O) groups is 3. The van der Waals surface area contributed by atoms with Gasteiger partial charge in [-0.2, -0.15) is 0 Å². The number of hydrogen-bond donors (Lipinski definition) is 0. The molecule has 0 radical (unpaired) electrons. The van der Waals surface area contributed by atoms with Crippen molar-refractivity contribution in [1.82, 2.24) is 0 Å². The van der Waals surface area contributed by atoms with Gasteiger partial charge >= 0.3 is 17.9 Å². The Balaban J connectivity index is 4.13. The number of esters is 3. The largest absolute Gasteiger partial charge is 0.462 e. The monoisotopic (exact) mass is 1070 g/mol. The summed E-state index contributed by atoms with van der Waals surface area (Å²) in [6.07, 6.45) is 86.1. The maximum absolute atomic E-state index is 12.9. The molecule has 0 rings (SSSR count). The minimum absolute atomic E-state index is 0.0738. The summed E-state index contributed by atoms with van der Waals surface area (Å²) in [5, 5.41) is 0. The van der Waals surface area contributed by atoms with Crippen LogP contribution in [0.4, 0.5) is 0 Å². The van der Waals surface area contributed by atoms with E-state index in [4.69, 9.17) is 14.2 Å². The zero-order valence-electron chi connectivity index (χ0n) is 51.0. The number of unbranched alkanes of at least 4 members (excludes halogenated alkanes) is 35. The lowest BCUT2D eigenvalue weighted by Gasteiger charge is -2.18. The van der Waals surface area contributed by atoms with E-state index in [0.717, 1.165) is 96.3 Å². The summed E-state index contributed by atoms with van der Waals surface area (Å²) in [5.41, 5.74) is 0. The Bertz CT molecular complexity index is 1470. The van der Waals surface area contributed by atoms with Gasteiger partial charge in [0.25, 0.3) is 0 Å². The molecule has 1 unspecified atom stereocenters. The summed E-state index contributed by atoms with van der Waals surface area (Å²) in [6, 6.07) is 0. The molecule has 0 aliphatic rings. The predicted molar refractivity (Wildman–Crippen MR) is 334 cm³/mol. The highest BCUT2D eigenvalue weighted by Crippen LogP contribution is 2.17. The van der Waals surface area contributed by atoms with E-state index in [1.54, 1.807) is 0 Å². The Labute approximate surface area is 477 Å². The van der Waals surface area contributed by atoms with Crippen molar-refractivity contribution in [3.05, 3.63) is 85.1 Å². The van der Waals surface area contributed by atoms with E-state index in [2.05, 4.69) is 106 Å². The molecule has 0 aromatic heterocycles. The van der Waals surface area contributed by atoms with E-state index in [9.17, 15) is 14.4 Å². The lowest BCUT2D eigenvalue weighted by molar-refractivity contribution is -0.167. The van der Waals surface area contributed by atoms with Crippen LogP contribution in [-0.2, 0) is 28.6 Å². The topological polar surface area (TPSA) is 78.9 Å². The quantitative estimate of drug-likeness (QED) is 0.0261. The van der Waals surface area contributed by atoms with Gasteiger partial charge in [-0.25, -0.2) is 0 Å². The first kappa shape index (κ1) is 73.6. The molecular weight excluding hydrogens is 949 g/mol. The Kier molecular flexibility index (Phi) is 62.2. The summed E-state index contributed by atoms with van der Waals surface area (Å²) >= 11 is 0. The molecule has 0 amide bonds. The lowest BCUT2D eigenvalue weighted by atomic mass is 10.0. The third-order valence-electron chi connectivity index (χ3n) is 14.4. The van der Waals surface area contributed by atoms with Crippen LogP contribution < -0.4 is 0 Å². The van der Waals surface area contributed by atoms with Crippen molar-refractivity contribution in [2.75, 3.05) is 13.2 Å². The molecule has 0 aromatic rings. The summed E-state index contributed by atoms with van der Waals surface area (Å²) in [7, 11) is 0. The van der Waals surface area contributed by atoms with Crippen LogP contribution in [0.25, 0.3) is 0 Å². The average molecular weight is 1070 g/mol. The van der Waals surface area contributed by atoms with Gasteiger partial charge in [-0.15, -0.1) is 0 Å². The van der Waals surface area contributed by atoms with Crippen LogP contribution >= 0.6 is 0 Å². The highest BCUT2D eigenvalue weighted by Gasteiger charge is 2.19. The van der Waals surface area contributed by atoms with Crippen molar-refractivity contribution < 1.29 is 28.6 Å². The van der Waals surface area contributed by atoms with Gasteiger partial charge in [-0.05, 0) is 96.3 Å². The van der Waals surface area contributed by atoms with E-state index in [1.165, 1.54) is 193 Å². The number of carbonyl (C=O) groups excluding carboxylic acids is 3. The summed E-state index contributed by atoms with van der Waals surface area (Å²) in [5.74, 6) is -0.867. The van der Waals surface area contributed by atoms with Crippen LogP contribution in [0.3, 0.4) is 0 Å². The standard InChI is InChI=1S/C71H124O6/c1-4-7-10-13-16-19-21-23-25-27-29-30-31-32-33-34-35-36-37-38-39-40-42-43-45-47-49-52-55-58-61-64-70(73)76-67-68(66-75-69(72)63-60-57-54-51-18-15-12-9-6-3)77-71(74)65-62-59-56-53-50-48-46-44-41-28-26-24-22-20-17-14-11-8-5-2/h7,10,16-17,19-20,23-26,29-30,32-33,68H,4-6,8-9,11-15,18,21-22,27-28,31,34-67H2,1-3H3/b10-7-,19-16-,20-17-,25-23-,26-24-,30-29-,33-32-. The second-order valence-electron chi connectivity index (χ2n) is 22.0. The molecule has 0 saturated heterocycles. The molecule has 444 valence electrons. The van der Waals surface area contributed by atoms with Crippen molar-refractivity contribution >= 4 is 17.9 Å². The van der Waals surface area contributed by atoms with Crippen LogP contribution in [0.2, 0.25) is 0 Å². The van der Waals surface area contributed by atoms with Gasteiger partial charge in [0, 0.05) is 19.3 Å². The second-order valence-corrected chi connectivity index (χ2v) is 22.0. The van der Waals surface area contributed by atoms with Gasteiger partial charge in [0.05, 0.1) is 0 Å². The maximum atomic E-state index is 12.9. The number of hydrogen-bond acceptors (Lipinski definition) is 6. The highest BCUT2D eigenvalue weighted by atomic mass is 16.6. The van der Waals surface area contributed by atoms with Crippen molar-refractivity contribution in [2.24, 2.45) is 0 Å². The first-order chi connectivity index (χ1) is 38.0. The molecule has 0 aliphatic heterocycles. The third kappa shape index (κ3) is 63.3. The minimum Gasteiger partial charge on any atom is -0.462 e. The second kappa shape index (κ2) is 65.1. The Morgan fingerprint density at radius 3 is 0.818 bits per heavy atom. The van der Waals surface area contributed by atoms with Crippen molar-refractivity contribution in [3.8, 4) is 0 Å². The summed E-state index contributed by atoms with van der Waals surface area (Å²) < 4.78 is 16.9. The Hall–Kier alpha value is -3.41. The van der Waals surface area contributed by atoms with Crippen molar-refractivity contribution in [1.29, 1.82) is 0 Å². The van der Waals surface area contributed by atoms with Gasteiger partial charge in [-0.1, -0.05) is 298 Å². The third-order valence-corrected chi connectivity index (χ3v) is 14.4. The van der Waals surface area contributed by atoms with E-state index >= 15 is 0 Å². The molecule has 77 heavy (non-hydrogen) atoms. The first-order valence-corrected chi connectivity index (χ1v) is 33.1. The van der Waals surface area contributed by atoms with E-state index in [1.807, 2.05) is 0 Å². The average Bonchev–Trinajstić information content (AvgIpc) is 3.43. The Morgan fingerprint density at radius 1 is 0.273 bits per heavy atom. The fourth-order valence-corrected chi connectivity index (χ4v) is 9.44. The SMILES string of the molecule is CC/C=C\C/C=C\C/C=C\C/C=C\C/C=C\CCCCCCCCCCCCCCCCCC(=O)OCC(COC(=O)CCCCCCCCCCC)OC(=O)CCCCCCCCCCC/C=C\C/C=C\CCCCC. The fraction of sp³-hybridized carbons (Fsp3) is 0.761. The predicted octanol–water partition coefficient (Wildman–Crippen LogP) is 22.7. The molecule has 0 fully saturated rings. The van der Waals surface area contributed by atoms with Gasteiger partial charge in [0.1, 0.15) is 13.2 Å². The first-order valence-electron chi connectivity index (χ1n) is 33.1. The number of ether oxygens (including phenoxy) is 3. The molecule has 6 heteroatoms. The smallest absolute Gasteiger partial charge is 0.306 e.